The summed E-state index contributed by atoms with van der Waals surface area (Å²) in [4.78, 5) is 59.0. The van der Waals surface area contributed by atoms with Gasteiger partial charge in [-0.2, -0.15) is 0 Å². The highest BCUT2D eigenvalue weighted by Gasteiger charge is 2.76. The number of carbonyl (C=O) groups excluding carboxylic acids is 4. The van der Waals surface area contributed by atoms with Gasteiger partial charge in [-0.25, -0.2) is 0 Å². The Morgan fingerprint density at radius 1 is 1.22 bits per heavy atom. The Bertz CT molecular complexity index is 1290. The zero-order valence-corrected chi connectivity index (χ0v) is 27.9. The van der Waals surface area contributed by atoms with Gasteiger partial charge in [-0.3, -0.25) is 19.2 Å². The minimum Gasteiger partial charge on any atom is -0.455 e. The van der Waals surface area contributed by atoms with Crippen LogP contribution in [-0.2, 0) is 28.7 Å². The summed E-state index contributed by atoms with van der Waals surface area (Å²) in [5.74, 6) is -3.46. The summed E-state index contributed by atoms with van der Waals surface area (Å²) >= 11 is 0. The number of ether oxygens (including phenoxy) is 2. The first-order valence-corrected chi connectivity index (χ1v) is 16.5. The molecule has 3 aliphatic heterocycles. The Morgan fingerprint density at radius 3 is 2.50 bits per heavy atom. The number of fused-ring (bicyclic) bond motifs is 1. The van der Waals surface area contributed by atoms with Gasteiger partial charge in [0, 0.05) is 18.5 Å². The van der Waals surface area contributed by atoms with Crippen molar-refractivity contribution in [3.8, 4) is 0 Å². The van der Waals surface area contributed by atoms with E-state index in [4.69, 9.17) is 9.47 Å². The summed E-state index contributed by atoms with van der Waals surface area (Å²) in [6, 6.07) is 7.49. The third kappa shape index (κ3) is 6.65. The van der Waals surface area contributed by atoms with Crippen LogP contribution in [0.15, 0.2) is 55.6 Å². The first-order chi connectivity index (χ1) is 21.9. The second kappa shape index (κ2) is 14.5. The fourth-order valence-electron chi connectivity index (χ4n) is 7.42. The molecular formula is C36H51N3O7. The van der Waals surface area contributed by atoms with Gasteiger partial charge < -0.3 is 29.7 Å². The van der Waals surface area contributed by atoms with Crippen molar-refractivity contribution in [1.29, 1.82) is 0 Å². The molecule has 1 aromatic carbocycles. The number of carbonyl (C=O) groups is 4. The minimum atomic E-state index is -1.24. The van der Waals surface area contributed by atoms with Crippen LogP contribution < -0.4 is 5.32 Å². The van der Waals surface area contributed by atoms with E-state index in [-0.39, 0.29) is 49.8 Å². The van der Waals surface area contributed by atoms with E-state index in [2.05, 4.69) is 18.5 Å². The number of aliphatic hydroxyl groups is 1. The molecule has 3 saturated heterocycles. The number of nitrogens with one attached hydrogen (secondary N) is 1. The molecule has 2 bridgehead atoms. The lowest BCUT2D eigenvalue weighted by molar-refractivity contribution is -0.162. The Balaban J connectivity index is 1.71. The Morgan fingerprint density at radius 2 is 1.91 bits per heavy atom. The van der Waals surface area contributed by atoms with Crippen LogP contribution in [0.5, 0.6) is 0 Å². The van der Waals surface area contributed by atoms with Crippen molar-refractivity contribution in [2.45, 2.75) is 102 Å². The van der Waals surface area contributed by atoms with Crippen LogP contribution >= 0.6 is 0 Å². The fraction of sp³-hybridized carbons (Fsp3) is 0.611. The average Bonchev–Trinajstić information content (AvgIpc) is 3.68. The van der Waals surface area contributed by atoms with Crippen molar-refractivity contribution in [3.63, 3.8) is 0 Å². The molecule has 0 radical (unpaired) electrons. The van der Waals surface area contributed by atoms with E-state index in [0.717, 1.165) is 0 Å². The number of rotatable bonds is 15. The molecule has 0 saturated carbocycles. The zero-order valence-electron chi connectivity index (χ0n) is 27.9. The van der Waals surface area contributed by atoms with Gasteiger partial charge in [0.05, 0.1) is 37.1 Å². The molecule has 3 heterocycles. The topological polar surface area (TPSA) is 125 Å². The van der Waals surface area contributed by atoms with Crippen molar-refractivity contribution in [1.82, 2.24) is 15.1 Å². The minimum absolute atomic E-state index is 0.0592. The Labute approximate surface area is 273 Å². The third-order valence-electron chi connectivity index (χ3n) is 9.97. The number of hydrogen-bond acceptors (Lipinski definition) is 7. The van der Waals surface area contributed by atoms with Crippen LogP contribution in [-0.4, -0.2) is 87.6 Å². The normalized spacial score (nSPS) is 27.0. The highest BCUT2D eigenvalue weighted by Crippen LogP contribution is 2.59. The molecule has 3 fully saturated rings. The summed E-state index contributed by atoms with van der Waals surface area (Å²) in [5.41, 5.74) is -1.13. The molecule has 10 nitrogen and oxygen atoms in total. The van der Waals surface area contributed by atoms with Crippen LogP contribution in [0.25, 0.3) is 0 Å². The van der Waals surface area contributed by atoms with Gasteiger partial charge >= 0.3 is 5.97 Å². The predicted molar refractivity (Wildman–Crippen MR) is 174 cm³/mol. The van der Waals surface area contributed by atoms with E-state index in [1.807, 2.05) is 65.0 Å². The number of aliphatic hydroxyl groups excluding tert-OH is 1. The maximum absolute atomic E-state index is 14.6. The first-order valence-electron chi connectivity index (χ1n) is 16.5. The summed E-state index contributed by atoms with van der Waals surface area (Å²) in [7, 11) is 0. The van der Waals surface area contributed by atoms with Gasteiger partial charge in [-0.1, -0.05) is 62.8 Å². The number of amides is 3. The molecular weight excluding hydrogens is 586 g/mol. The predicted octanol–water partition coefficient (Wildman–Crippen LogP) is 3.95. The lowest BCUT2D eigenvalue weighted by Gasteiger charge is -2.44. The van der Waals surface area contributed by atoms with Crippen molar-refractivity contribution in [2.24, 2.45) is 17.8 Å². The number of nitrogens with zero attached hydrogens (tertiary/aromatic N) is 2. The number of likely N-dealkylation sites (tertiary alicyclic amines) is 1. The van der Waals surface area contributed by atoms with Gasteiger partial charge in [0.2, 0.25) is 17.7 Å². The molecule has 2 N–H and O–H groups in total. The maximum Gasteiger partial charge on any atom is 0.313 e. The smallest absolute Gasteiger partial charge is 0.313 e. The molecule has 0 aromatic heterocycles. The lowest BCUT2D eigenvalue weighted by atomic mass is 9.70. The number of benzene rings is 1. The number of esters is 1. The van der Waals surface area contributed by atoms with Crippen LogP contribution in [0.3, 0.4) is 0 Å². The molecule has 8 atom stereocenters. The summed E-state index contributed by atoms with van der Waals surface area (Å²) in [5, 5.41) is 13.5. The highest BCUT2D eigenvalue weighted by molar-refractivity contribution is 5.98. The fourth-order valence-corrected chi connectivity index (χ4v) is 7.42. The first kappa shape index (κ1) is 35.4. The van der Waals surface area contributed by atoms with E-state index >= 15 is 0 Å². The van der Waals surface area contributed by atoms with Crippen LogP contribution in [0.4, 0.5) is 0 Å². The molecule has 3 aliphatic rings. The zero-order chi connectivity index (χ0) is 33.8. The van der Waals surface area contributed by atoms with E-state index in [0.29, 0.717) is 31.2 Å². The monoisotopic (exact) mass is 637 g/mol. The number of allylic oxidation sites excluding steroid dienone is 1. The highest BCUT2D eigenvalue weighted by atomic mass is 16.6. The van der Waals surface area contributed by atoms with Crippen molar-refractivity contribution >= 4 is 23.7 Å². The van der Waals surface area contributed by atoms with Gasteiger partial charge in [-0.05, 0) is 51.5 Å². The molecule has 3 amide bonds. The average molecular weight is 638 g/mol. The molecule has 46 heavy (non-hydrogen) atoms. The Kier molecular flexibility index (Phi) is 11.2. The summed E-state index contributed by atoms with van der Waals surface area (Å²) in [6.07, 6.45) is 4.31. The van der Waals surface area contributed by atoms with Gasteiger partial charge in [0.1, 0.15) is 17.7 Å². The lowest BCUT2D eigenvalue weighted by Crippen LogP contribution is -2.62. The van der Waals surface area contributed by atoms with E-state index < -0.39 is 53.2 Å². The summed E-state index contributed by atoms with van der Waals surface area (Å²) in [6.45, 7) is 17.2. The molecule has 252 valence electrons. The molecule has 1 aromatic rings. The molecule has 10 heteroatoms. The van der Waals surface area contributed by atoms with Crippen LogP contribution in [0.2, 0.25) is 0 Å². The van der Waals surface area contributed by atoms with Gasteiger partial charge in [0.25, 0.3) is 0 Å². The third-order valence-corrected chi connectivity index (χ3v) is 9.97. The van der Waals surface area contributed by atoms with Gasteiger partial charge in [0.15, 0.2) is 0 Å². The second-order valence-corrected chi connectivity index (χ2v) is 13.8. The SMILES string of the molecule is C=CCCC(=O)NC[C@@H](OC(=O)[C@@H]1[C@H]2C(=O)N([C@@H](CO)[C@@H](C)CC)[C@H](C(=O)N(CC=C)C(C)(C)C)[C@]23CC[C@H]1O3)c1ccccc1. The quantitative estimate of drug-likeness (QED) is 0.220. The van der Waals surface area contributed by atoms with E-state index in [9.17, 15) is 24.3 Å². The molecule has 4 rings (SSSR count). The molecule has 1 spiro atoms. The van der Waals surface area contributed by atoms with Crippen molar-refractivity contribution in [3.05, 3.63) is 61.2 Å². The largest absolute Gasteiger partial charge is 0.455 e. The van der Waals surface area contributed by atoms with Crippen molar-refractivity contribution < 1.29 is 33.8 Å². The van der Waals surface area contributed by atoms with E-state index in [1.54, 1.807) is 17.1 Å². The Hall–Kier alpha value is -3.50. The number of hydrogen-bond donors (Lipinski definition) is 2. The maximum atomic E-state index is 14.6. The standard InChI is InChI=1S/C36H51N3O7/c1-8-11-17-28(41)37-21-27(24-15-13-12-14-16-24)45-34(44)29-26-18-19-36(46-26)30(29)32(42)39(25(22-40)23(4)10-3)31(36)33(43)38(20-9-2)35(5,6)7/h8-9,12-16,23,25-27,29-31,40H,1-2,10-11,17-22H2,3-7H3,(H,37,41)/t23-,25-,26+,27+,29-,30-,31+,36-/m0/s1. The second-order valence-electron chi connectivity index (χ2n) is 13.8. The summed E-state index contributed by atoms with van der Waals surface area (Å²) < 4.78 is 12.8. The van der Waals surface area contributed by atoms with Gasteiger partial charge in [-0.15, -0.1) is 13.2 Å². The molecule has 0 aliphatic carbocycles. The van der Waals surface area contributed by atoms with Crippen LogP contribution in [0, 0.1) is 17.8 Å². The molecule has 0 unspecified atom stereocenters. The van der Waals surface area contributed by atoms with Crippen LogP contribution in [0.1, 0.15) is 78.4 Å². The van der Waals surface area contributed by atoms with Crippen molar-refractivity contribution in [2.75, 3.05) is 19.7 Å². The van der Waals surface area contributed by atoms with E-state index in [1.165, 1.54) is 4.90 Å².